The number of hydrogen-bond donors (Lipinski definition) is 2. The minimum Gasteiger partial charge on any atom is -0.478 e. The van der Waals surface area contributed by atoms with E-state index < -0.39 is 12.1 Å². The molecule has 2 unspecified atom stereocenters. The minimum atomic E-state index is -4.12. The van der Waals surface area contributed by atoms with Crippen molar-refractivity contribution >= 4 is 29.9 Å². The van der Waals surface area contributed by atoms with Gasteiger partial charge in [-0.05, 0) is 38.2 Å². The van der Waals surface area contributed by atoms with Crippen molar-refractivity contribution in [2.75, 3.05) is 13.2 Å². The lowest BCUT2D eigenvalue weighted by atomic mass is 9.85. The van der Waals surface area contributed by atoms with Gasteiger partial charge in [0.25, 0.3) is 0 Å². The van der Waals surface area contributed by atoms with Crippen LogP contribution in [0.2, 0.25) is 0 Å². The lowest BCUT2D eigenvalue weighted by molar-refractivity contribution is -0.183. The maximum Gasteiger partial charge on any atom is 0.391 e. The van der Waals surface area contributed by atoms with Crippen LogP contribution in [0.1, 0.15) is 51.5 Å². The Morgan fingerprint density at radius 3 is 2.68 bits per heavy atom. The normalized spacial score (nSPS) is 20.2. The molecule has 1 heterocycles. The molecule has 9 heteroatoms. The zero-order valence-corrected chi connectivity index (χ0v) is 18.7. The Morgan fingerprint density at radius 2 is 2.07 bits per heavy atom. The molecule has 2 N–H and O–H groups in total. The highest BCUT2D eigenvalue weighted by Gasteiger charge is 2.42. The summed E-state index contributed by atoms with van der Waals surface area (Å²) in [4.78, 5) is 8.72. The van der Waals surface area contributed by atoms with Crippen molar-refractivity contribution in [1.82, 2.24) is 15.6 Å². The van der Waals surface area contributed by atoms with Crippen LogP contribution < -0.4 is 15.4 Å². The van der Waals surface area contributed by atoms with Gasteiger partial charge in [0.1, 0.15) is 0 Å². The number of halogens is 4. The van der Waals surface area contributed by atoms with Crippen LogP contribution in [0, 0.1) is 5.92 Å². The van der Waals surface area contributed by atoms with E-state index in [1.54, 1.807) is 12.3 Å². The van der Waals surface area contributed by atoms with E-state index in [-0.39, 0.29) is 42.9 Å². The van der Waals surface area contributed by atoms with Crippen molar-refractivity contribution < 1.29 is 17.9 Å². The van der Waals surface area contributed by atoms with Gasteiger partial charge in [0.05, 0.1) is 19.1 Å². The maximum absolute atomic E-state index is 13.0. The van der Waals surface area contributed by atoms with Gasteiger partial charge in [0.2, 0.25) is 5.88 Å². The summed E-state index contributed by atoms with van der Waals surface area (Å²) in [5.74, 6) is -0.113. The highest BCUT2D eigenvalue weighted by molar-refractivity contribution is 14.0. The molecule has 28 heavy (non-hydrogen) atoms. The van der Waals surface area contributed by atoms with Crippen molar-refractivity contribution in [3.63, 3.8) is 0 Å². The Morgan fingerprint density at radius 1 is 1.29 bits per heavy atom. The third-order valence-electron chi connectivity index (χ3n) is 4.49. The van der Waals surface area contributed by atoms with Gasteiger partial charge >= 0.3 is 6.18 Å². The molecule has 1 aliphatic carbocycles. The van der Waals surface area contributed by atoms with Gasteiger partial charge in [-0.1, -0.05) is 19.4 Å². The third kappa shape index (κ3) is 8.40. The van der Waals surface area contributed by atoms with Gasteiger partial charge in [0, 0.05) is 24.8 Å². The molecule has 0 amide bonds. The van der Waals surface area contributed by atoms with Crippen LogP contribution in [0.4, 0.5) is 13.2 Å². The van der Waals surface area contributed by atoms with Crippen LogP contribution in [-0.2, 0) is 6.54 Å². The molecular formula is C19H30F3IN4O. The van der Waals surface area contributed by atoms with Crippen molar-refractivity contribution in [3.8, 4) is 5.88 Å². The second kappa shape index (κ2) is 12.3. The number of nitrogens with zero attached hydrogens (tertiary/aromatic N) is 2. The number of alkyl halides is 3. The van der Waals surface area contributed by atoms with Crippen LogP contribution in [0.5, 0.6) is 5.88 Å². The SMILES string of the molecule is CCCOc1ccc(CN=C(NCC)NC2CCCC(C(F)(F)F)C2)cn1.I. The smallest absolute Gasteiger partial charge is 0.391 e. The number of rotatable bonds is 7. The molecule has 1 fully saturated rings. The van der Waals surface area contributed by atoms with Gasteiger partial charge < -0.3 is 15.4 Å². The fourth-order valence-electron chi connectivity index (χ4n) is 3.10. The highest BCUT2D eigenvalue weighted by Crippen LogP contribution is 2.37. The summed E-state index contributed by atoms with van der Waals surface area (Å²) in [6.45, 7) is 5.62. The number of pyridine rings is 1. The zero-order valence-electron chi connectivity index (χ0n) is 16.4. The molecule has 1 saturated carbocycles. The largest absolute Gasteiger partial charge is 0.478 e. The Balaban J connectivity index is 0.00000392. The first-order valence-corrected chi connectivity index (χ1v) is 9.61. The summed E-state index contributed by atoms with van der Waals surface area (Å²) < 4.78 is 44.4. The van der Waals surface area contributed by atoms with Gasteiger partial charge in [-0.2, -0.15) is 13.2 Å². The van der Waals surface area contributed by atoms with Gasteiger partial charge in [-0.25, -0.2) is 9.98 Å². The molecule has 0 saturated heterocycles. The van der Waals surface area contributed by atoms with Gasteiger partial charge in [0.15, 0.2) is 5.96 Å². The first-order chi connectivity index (χ1) is 12.9. The van der Waals surface area contributed by atoms with Crippen LogP contribution in [0.3, 0.4) is 0 Å². The summed E-state index contributed by atoms with van der Waals surface area (Å²) in [6.07, 6.45) is 0.113. The summed E-state index contributed by atoms with van der Waals surface area (Å²) in [5, 5.41) is 6.27. The first kappa shape index (κ1) is 24.8. The van der Waals surface area contributed by atoms with Gasteiger partial charge in [-0.15, -0.1) is 24.0 Å². The van der Waals surface area contributed by atoms with Crippen LogP contribution >= 0.6 is 24.0 Å². The molecule has 0 aromatic carbocycles. The topological polar surface area (TPSA) is 58.5 Å². The van der Waals surface area contributed by atoms with Crippen molar-refractivity contribution in [1.29, 1.82) is 0 Å². The summed E-state index contributed by atoms with van der Waals surface area (Å²) >= 11 is 0. The van der Waals surface area contributed by atoms with E-state index in [1.807, 2.05) is 19.9 Å². The quantitative estimate of drug-likeness (QED) is 0.316. The molecule has 5 nitrogen and oxygen atoms in total. The Kier molecular flexibility index (Phi) is 10.9. The molecule has 1 aromatic rings. The average molecular weight is 514 g/mol. The molecule has 0 radical (unpaired) electrons. The lowest BCUT2D eigenvalue weighted by Crippen LogP contribution is -2.46. The van der Waals surface area contributed by atoms with Crippen LogP contribution in [0.25, 0.3) is 0 Å². The van der Waals surface area contributed by atoms with Crippen molar-refractivity contribution in [3.05, 3.63) is 23.9 Å². The van der Waals surface area contributed by atoms with E-state index in [2.05, 4.69) is 20.6 Å². The third-order valence-corrected chi connectivity index (χ3v) is 4.49. The molecule has 0 spiro atoms. The summed E-state index contributed by atoms with van der Waals surface area (Å²) in [5.41, 5.74) is 0.910. The first-order valence-electron chi connectivity index (χ1n) is 9.61. The molecule has 160 valence electrons. The molecule has 0 bridgehead atoms. The van der Waals surface area contributed by atoms with E-state index >= 15 is 0 Å². The molecule has 1 aromatic heterocycles. The second-order valence-electron chi connectivity index (χ2n) is 6.79. The number of aromatic nitrogens is 1. The number of ether oxygens (including phenoxy) is 1. The van der Waals surface area contributed by atoms with E-state index in [1.165, 1.54) is 0 Å². The lowest BCUT2D eigenvalue weighted by Gasteiger charge is -2.31. The average Bonchev–Trinajstić information content (AvgIpc) is 2.65. The fourth-order valence-corrected chi connectivity index (χ4v) is 3.10. The van der Waals surface area contributed by atoms with Gasteiger partial charge in [-0.3, -0.25) is 0 Å². The monoisotopic (exact) mass is 514 g/mol. The number of nitrogens with one attached hydrogen (secondary N) is 2. The summed E-state index contributed by atoms with van der Waals surface area (Å²) in [7, 11) is 0. The molecule has 2 rings (SSSR count). The number of guanidine groups is 1. The fraction of sp³-hybridized carbons (Fsp3) is 0.684. The standard InChI is InChI=1S/C19H29F3N4O.HI/c1-3-10-27-17-9-8-14(12-24-17)13-25-18(23-4-2)26-16-7-5-6-15(11-16)19(20,21)22;/h8-9,12,15-16H,3-7,10-11,13H2,1-2H3,(H2,23,25,26);1H. The number of hydrogen-bond acceptors (Lipinski definition) is 3. The second-order valence-corrected chi connectivity index (χ2v) is 6.79. The van der Waals surface area contributed by atoms with E-state index in [0.29, 0.717) is 38.0 Å². The predicted octanol–water partition coefficient (Wildman–Crippen LogP) is 4.66. The molecule has 1 aliphatic rings. The maximum atomic E-state index is 13.0. The highest BCUT2D eigenvalue weighted by atomic mass is 127. The minimum absolute atomic E-state index is 0. The van der Waals surface area contributed by atoms with Crippen LogP contribution in [-0.4, -0.2) is 36.3 Å². The molecule has 2 atom stereocenters. The van der Waals surface area contributed by atoms with E-state index in [0.717, 1.165) is 18.4 Å². The Labute approximate surface area is 182 Å². The van der Waals surface area contributed by atoms with Crippen molar-refractivity contribution in [2.45, 2.75) is 64.7 Å². The summed E-state index contributed by atoms with van der Waals surface area (Å²) in [6, 6.07) is 3.48. The molecular weight excluding hydrogens is 484 g/mol. The number of aliphatic imine (C=N–C) groups is 1. The van der Waals surface area contributed by atoms with E-state index in [9.17, 15) is 13.2 Å². The Hall–Kier alpha value is -1.26. The Bertz CT molecular complexity index is 596. The zero-order chi connectivity index (χ0) is 19.7. The van der Waals surface area contributed by atoms with Crippen LogP contribution in [0.15, 0.2) is 23.3 Å². The van der Waals surface area contributed by atoms with E-state index in [4.69, 9.17) is 4.74 Å². The predicted molar refractivity (Wildman–Crippen MR) is 115 cm³/mol. The molecule has 0 aliphatic heterocycles. The van der Waals surface area contributed by atoms with Crippen molar-refractivity contribution in [2.24, 2.45) is 10.9 Å².